The molecule has 2 aromatic heterocycles. The molecule has 3 rings (SSSR count). The van der Waals surface area contributed by atoms with E-state index in [2.05, 4.69) is 16.0 Å². The van der Waals surface area contributed by atoms with Crippen LogP contribution in [-0.4, -0.2) is 29.7 Å². The number of aryl methyl sites for hydroxylation is 1. The fourth-order valence-electron chi connectivity index (χ4n) is 3.06. The molecule has 0 fully saturated rings. The molecule has 0 radical (unpaired) electrons. The lowest BCUT2D eigenvalue weighted by atomic mass is 10.1. The normalized spacial score (nSPS) is 10.6. The highest BCUT2D eigenvalue weighted by Crippen LogP contribution is 2.21. The highest BCUT2D eigenvalue weighted by Gasteiger charge is 2.17. The second kappa shape index (κ2) is 9.43. The molecule has 7 heteroatoms. The minimum atomic E-state index is -0.529. The number of amides is 1. The van der Waals surface area contributed by atoms with Gasteiger partial charge < -0.3 is 14.0 Å². The van der Waals surface area contributed by atoms with E-state index in [1.54, 1.807) is 42.5 Å². The molecule has 3 aromatic rings. The first-order valence-electron chi connectivity index (χ1n) is 9.37. The van der Waals surface area contributed by atoms with E-state index in [1.165, 1.54) is 4.88 Å². The maximum Gasteiger partial charge on any atom is 0.411 e. The van der Waals surface area contributed by atoms with Crippen molar-refractivity contribution in [2.45, 2.75) is 27.3 Å². The number of rotatable bonds is 8. The summed E-state index contributed by atoms with van der Waals surface area (Å²) in [5.74, 6) is 0.416. The van der Waals surface area contributed by atoms with E-state index in [0.717, 1.165) is 17.9 Å². The van der Waals surface area contributed by atoms with Gasteiger partial charge in [0.1, 0.15) is 5.75 Å². The summed E-state index contributed by atoms with van der Waals surface area (Å²) in [6.07, 6.45) is -0.529. The number of carbonyl (C=O) groups is 2. The first kappa shape index (κ1) is 20.7. The number of hydrogen-bond donors (Lipinski definition) is 1. The third-order valence-electron chi connectivity index (χ3n) is 4.49. The highest BCUT2D eigenvalue weighted by atomic mass is 32.1. The number of hydrogen-bond acceptors (Lipinski definition) is 5. The Morgan fingerprint density at radius 3 is 2.69 bits per heavy atom. The maximum absolute atomic E-state index is 12.7. The van der Waals surface area contributed by atoms with E-state index in [4.69, 9.17) is 9.47 Å². The molecule has 6 nitrogen and oxygen atoms in total. The number of ether oxygens (including phenoxy) is 2. The van der Waals surface area contributed by atoms with Gasteiger partial charge in [0.2, 0.25) is 5.78 Å². The summed E-state index contributed by atoms with van der Waals surface area (Å²) < 4.78 is 12.7. The second-order valence-electron chi connectivity index (χ2n) is 6.54. The van der Waals surface area contributed by atoms with Crippen LogP contribution < -0.4 is 10.1 Å². The number of carbonyl (C=O) groups excluding carboxylic acids is 2. The van der Waals surface area contributed by atoms with Gasteiger partial charge in [0.15, 0.2) is 6.61 Å². The van der Waals surface area contributed by atoms with Crippen LogP contribution in [0.15, 0.2) is 47.8 Å². The van der Waals surface area contributed by atoms with Crippen LogP contribution in [-0.2, 0) is 11.3 Å². The lowest BCUT2D eigenvalue weighted by molar-refractivity contribution is 0.0920. The van der Waals surface area contributed by atoms with Gasteiger partial charge in [0.05, 0.1) is 13.2 Å². The molecule has 1 amide bonds. The molecule has 0 aliphatic rings. The van der Waals surface area contributed by atoms with Crippen molar-refractivity contribution in [3.8, 4) is 5.75 Å². The summed E-state index contributed by atoms with van der Waals surface area (Å²) in [5.41, 5.74) is 3.18. The standard InChI is InChI=1S/C22H24N2O4S/c1-4-27-22(26)23-17-7-5-8-18(12-17)28-14-21(25)20-11-15(2)24(16(20)3)13-19-9-6-10-29-19/h5-12H,4,13-14H2,1-3H3,(H,23,26). The van der Waals surface area contributed by atoms with Gasteiger partial charge in [-0.05, 0) is 50.4 Å². The Kier molecular flexibility index (Phi) is 6.72. The molecule has 0 bridgehead atoms. The second-order valence-corrected chi connectivity index (χ2v) is 7.57. The van der Waals surface area contributed by atoms with Gasteiger partial charge in [-0.15, -0.1) is 11.3 Å². The van der Waals surface area contributed by atoms with E-state index < -0.39 is 6.09 Å². The first-order valence-corrected chi connectivity index (χ1v) is 10.2. The number of anilines is 1. The molecule has 0 aliphatic heterocycles. The van der Waals surface area contributed by atoms with Crippen LogP contribution in [0.1, 0.15) is 33.5 Å². The molecule has 152 valence electrons. The zero-order valence-electron chi connectivity index (χ0n) is 16.7. The minimum absolute atomic E-state index is 0.0772. The maximum atomic E-state index is 12.7. The van der Waals surface area contributed by atoms with Crippen molar-refractivity contribution in [2.24, 2.45) is 0 Å². The lowest BCUT2D eigenvalue weighted by Gasteiger charge is -2.10. The van der Waals surface area contributed by atoms with Gasteiger partial charge in [-0.2, -0.15) is 0 Å². The van der Waals surface area contributed by atoms with E-state index in [9.17, 15) is 9.59 Å². The Balaban J connectivity index is 1.65. The fraction of sp³-hybridized carbons (Fsp3) is 0.273. The van der Waals surface area contributed by atoms with Crippen molar-refractivity contribution in [3.05, 3.63) is 69.7 Å². The molecule has 0 atom stereocenters. The average molecular weight is 413 g/mol. The van der Waals surface area contributed by atoms with E-state index in [0.29, 0.717) is 23.6 Å². The molecule has 2 heterocycles. The Morgan fingerprint density at radius 1 is 1.14 bits per heavy atom. The van der Waals surface area contributed by atoms with Crippen molar-refractivity contribution in [1.82, 2.24) is 4.57 Å². The highest BCUT2D eigenvalue weighted by molar-refractivity contribution is 7.09. The summed E-state index contributed by atoms with van der Waals surface area (Å²) in [4.78, 5) is 25.5. The Hall–Kier alpha value is -3.06. The molecule has 29 heavy (non-hydrogen) atoms. The minimum Gasteiger partial charge on any atom is -0.485 e. The smallest absolute Gasteiger partial charge is 0.411 e. The zero-order valence-corrected chi connectivity index (χ0v) is 17.5. The largest absolute Gasteiger partial charge is 0.485 e. The Morgan fingerprint density at radius 2 is 1.97 bits per heavy atom. The van der Waals surface area contributed by atoms with E-state index in [1.807, 2.05) is 31.4 Å². The average Bonchev–Trinajstić information content (AvgIpc) is 3.30. The predicted octanol–water partition coefficient (Wildman–Crippen LogP) is 5.04. The third-order valence-corrected chi connectivity index (χ3v) is 5.36. The first-order chi connectivity index (χ1) is 14.0. The van der Waals surface area contributed by atoms with Gasteiger partial charge in [-0.3, -0.25) is 10.1 Å². The quantitative estimate of drug-likeness (QED) is 0.526. The van der Waals surface area contributed by atoms with Gasteiger partial charge in [0, 0.05) is 33.6 Å². The van der Waals surface area contributed by atoms with Crippen LogP contribution in [0.2, 0.25) is 0 Å². The fourth-order valence-corrected chi connectivity index (χ4v) is 3.75. The van der Waals surface area contributed by atoms with E-state index >= 15 is 0 Å². The molecular weight excluding hydrogens is 388 g/mol. The molecule has 0 aliphatic carbocycles. The number of aromatic nitrogens is 1. The number of nitrogens with one attached hydrogen (secondary N) is 1. The van der Waals surface area contributed by atoms with Crippen LogP contribution in [0.3, 0.4) is 0 Å². The number of ketones is 1. The lowest BCUT2D eigenvalue weighted by Crippen LogP contribution is -2.14. The van der Waals surface area contributed by atoms with Crippen LogP contribution in [0.5, 0.6) is 5.75 Å². The van der Waals surface area contributed by atoms with Crippen molar-refractivity contribution >= 4 is 28.9 Å². The number of Topliss-reactive ketones (excluding diaryl/α,β-unsaturated/α-hetero) is 1. The zero-order chi connectivity index (χ0) is 20.8. The van der Waals surface area contributed by atoms with Crippen molar-refractivity contribution in [2.75, 3.05) is 18.5 Å². The van der Waals surface area contributed by atoms with Gasteiger partial charge >= 0.3 is 6.09 Å². The summed E-state index contributed by atoms with van der Waals surface area (Å²) in [6, 6.07) is 12.9. The Labute approximate surface area is 174 Å². The van der Waals surface area contributed by atoms with Crippen LogP contribution in [0.25, 0.3) is 0 Å². The molecule has 0 saturated heterocycles. The topological polar surface area (TPSA) is 69.6 Å². The van der Waals surface area contributed by atoms with Crippen molar-refractivity contribution in [1.29, 1.82) is 0 Å². The number of nitrogens with zero attached hydrogens (tertiary/aromatic N) is 1. The van der Waals surface area contributed by atoms with E-state index in [-0.39, 0.29) is 12.4 Å². The summed E-state index contributed by atoms with van der Waals surface area (Å²) in [5, 5.41) is 4.66. The third kappa shape index (κ3) is 5.26. The summed E-state index contributed by atoms with van der Waals surface area (Å²) >= 11 is 1.70. The predicted molar refractivity (Wildman–Crippen MR) is 114 cm³/mol. The molecule has 0 saturated carbocycles. The molecular formula is C22H24N2O4S. The molecule has 0 unspecified atom stereocenters. The van der Waals surface area contributed by atoms with Gasteiger partial charge in [0.25, 0.3) is 0 Å². The monoisotopic (exact) mass is 412 g/mol. The Bertz CT molecular complexity index is 992. The van der Waals surface area contributed by atoms with Crippen molar-refractivity contribution < 1.29 is 19.1 Å². The number of benzene rings is 1. The van der Waals surface area contributed by atoms with Crippen LogP contribution in [0, 0.1) is 13.8 Å². The van der Waals surface area contributed by atoms with Crippen LogP contribution >= 0.6 is 11.3 Å². The molecule has 1 aromatic carbocycles. The van der Waals surface area contributed by atoms with Crippen LogP contribution in [0.4, 0.5) is 10.5 Å². The summed E-state index contributed by atoms with van der Waals surface area (Å²) in [6.45, 7) is 6.67. The summed E-state index contributed by atoms with van der Waals surface area (Å²) in [7, 11) is 0. The SMILES string of the molecule is CCOC(=O)Nc1cccc(OCC(=O)c2cc(C)n(Cc3cccs3)c2C)c1. The molecule has 0 spiro atoms. The molecule has 1 N–H and O–H groups in total. The van der Waals surface area contributed by atoms with Gasteiger partial charge in [-0.1, -0.05) is 12.1 Å². The van der Waals surface area contributed by atoms with Gasteiger partial charge in [-0.25, -0.2) is 4.79 Å². The number of thiophene rings is 1. The van der Waals surface area contributed by atoms with Crippen molar-refractivity contribution in [3.63, 3.8) is 0 Å².